The Balaban J connectivity index is 1.67. The maximum absolute atomic E-state index is 14.7. The van der Waals surface area contributed by atoms with Gasteiger partial charge >= 0.3 is 0 Å². The molecule has 7 nitrogen and oxygen atoms in total. The Labute approximate surface area is 159 Å². The van der Waals surface area contributed by atoms with Gasteiger partial charge in [0, 0.05) is 29.1 Å². The number of ether oxygens (including phenoxy) is 1. The lowest BCUT2D eigenvalue weighted by Gasteiger charge is -2.38. The van der Waals surface area contributed by atoms with Gasteiger partial charge in [-0.3, -0.25) is 4.79 Å². The minimum atomic E-state index is -0.864. The second-order valence-electron chi connectivity index (χ2n) is 6.96. The lowest BCUT2D eigenvalue weighted by atomic mass is 9.76. The van der Waals surface area contributed by atoms with Gasteiger partial charge in [-0.05, 0) is 38.0 Å². The van der Waals surface area contributed by atoms with Crippen LogP contribution >= 0.6 is 11.6 Å². The number of amides is 1. The third-order valence-corrected chi connectivity index (χ3v) is 5.48. The molecule has 27 heavy (non-hydrogen) atoms. The molecule has 0 unspecified atom stereocenters. The molecule has 0 saturated heterocycles. The predicted octanol–water partition coefficient (Wildman–Crippen LogP) is 2.86. The lowest BCUT2D eigenvalue weighted by Crippen LogP contribution is -2.43. The monoisotopic (exact) mass is 389 g/mol. The highest BCUT2D eigenvalue weighted by Gasteiger charge is 2.61. The number of nitrogens with two attached hydrogens (primary N) is 1. The van der Waals surface area contributed by atoms with Crippen molar-refractivity contribution in [3.63, 3.8) is 0 Å². The smallest absolute Gasteiger partial charge is 0.293 e. The first kappa shape index (κ1) is 17.7. The highest BCUT2D eigenvalue weighted by atomic mass is 35.5. The van der Waals surface area contributed by atoms with Crippen LogP contribution in [-0.2, 0) is 10.3 Å². The molecule has 0 radical (unpaired) electrons. The minimum absolute atomic E-state index is 0.0384. The van der Waals surface area contributed by atoms with Gasteiger partial charge in [-0.15, -0.1) is 0 Å². The number of aromatic nitrogens is 2. The number of anilines is 1. The van der Waals surface area contributed by atoms with E-state index in [2.05, 4.69) is 20.3 Å². The van der Waals surface area contributed by atoms with E-state index in [1.165, 1.54) is 24.5 Å². The number of benzene rings is 1. The molecule has 1 aliphatic carbocycles. The maximum Gasteiger partial charge on any atom is 0.293 e. The summed E-state index contributed by atoms with van der Waals surface area (Å²) in [5.74, 6) is -0.975. The van der Waals surface area contributed by atoms with E-state index in [4.69, 9.17) is 22.1 Å². The van der Waals surface area contributed by atoms with Gasteiger partial charge in [-0.1, -0.05) is 11.6 Å². The molecule has 1 spiro atoms. The molecule has 4 rings (SSSR count). The van der Waals surface area contributed by atoms with Crippen molar-refractivity contribution < 1.29 is 13.9 Å². The number of carbonyl (C=O) groups is 1. The van der Waals surface area contributed by atoms with Crippen molar-refractivity contribution in [3.8, 4) is 0 Å². The molecule has 1 saturated carbocycles. The summed E-state index contributed by atoms with van der Waals surface area (Å²) < 4.78 is 20.1. The van der Waals surface area contributed by atoms with E-state index in [1.54, 1.807) is 6.07 Å². The fraction of sp³-hybridized carbons (Fsp3) is 0.333. The molecule has 1 aliphatic heterocycles. The quantitative estimate of drug-likeness (QED) is 0.840. The molecule has 9 heteroatoms. The third kappa shape index (κ3) is 2.99. The van der Waals surface area contributed by atoms with Crippen LogP contribution in [0.4, 0.5) is 10.1 Å². The first-order chi connectivity index (χ1) is 12.8. The summed E-state index contributed by atoms with van der Waals surface area (Å²) in [6.07, 6.45) is 4.40. The fourth-order valence-electron chi connectivity index (χ4n) is 3.44. The highest BCUT2D eigenvalue weighted by Crippen LogP contribution is 2.62. The number of rotatable bonds is 3. The standard InChI is InChI=1S/C18H17ClFN5O2/c1-17(18(4-5-18)9-27-16(21)25-17)12-6-11(2-3-13(12)20)24-15(26)14-22-7-10(19)8-23-14/h2-3,6-8H,4-5,9H2,1H3,(H2,21,25)(H,24,26)/t17-/m1/s1. The van der Waals surface area contributed by atoms with Crippen molar-refractivity contribution in [1.82, 2.24) is 9.97 Å². The van der Waals surface area contributed by atoms with Gasteiger partial charge in [-0.2, -0.15) is 0 Å². The van der Waals surface area contributed by atoms with Gasteiger partial charge in [0.1, 0.15) is 11.4 Å². The number of halogens is 2. The topological polar surface area (TPSA) is 102 Å². The predicted molar refractivity (Wildman–Crippen MR) is 98.0 cm³/mol. The Morgan fingerprint density at radius 2 is 2.04 bits per heavy atom. The molecule has 2 aromatic rings. The third-order valence-electron chi connectivity index (χ3n) is 5.29. The van der Waals surface area contributed by atoms with Crippen LogP contribution in [0.5, 0.6) is 0 Å². The molecule has 0 bridgehead atoms. The second-order valence-corrected chi connectivity index (χ2v) is 7.40. The van der Waals surface area contributed by atoms with Crippen LogP contribution in [0.25, 0.3) is 0 Å². The van der Waals surface area contributed by atoms with E-state index in [1.807, 2.05) is 6.92 Å². The Hall–Kier alpha value is -2.74. The molecule has 2 aliphatic rings. The van der Waals surface area contributed by atoms with E-state index in [9.17, 15) is 9.18 Å². The van der Waals surface area contributed by atoms with Crippen molar-refractivity contribution in [3.05, 3.63) is 52.8 Å². The number of hydrogen-bond donors (Lipinski definition) is 2. The molecule has 1 amide bonds. The summed E-state index contributed by atoms with van der Waals surface area (Å²) in [4.78, 5) is 24.5. The van der Waals surface area contributed by atoms with E-state index in [0.717, 1.165) is 12.8 Å². The summed E-state index contributed by atoms with van der Waals surface area (Å²) in [6.45, 7) is 2.25. The van der Waals surface area contributed by atoms with Gasteiger partial charge in [0.15, 0.2) is 0 Å². The van der Waals surface area contributed by atoms with E-state index in [-0.39, 0.29) is 17.3 Å². The van der Waals surface area contributed by atoms with Crippen molar-refractivity contribution in [2.45, 2.75) is 25.3 Å². The Morgan fingerprint density at radius 1 is 1.33 bits per heavy atom. The minimum Gasteiger partial charge on any atom is -0.465 e. The number of carbonyl (C=O) groups excluding carboxylic acids is 1. The van der Waals surface area contributed by atoms with Crippen LogP contribution in [0, 0.1) is 11.2 Å². The number of nitrogens with one attached hydrogen (secondary N) is 1. The van der Waals surface area contributed by atoms with Crippen LogP contribution < -0.4 is 11.1 Å². The molecule has 1 aromatic carbocycles. The van der Waals surface area contributed by atoms with Gasteiger partial charge in [-0.25, -0.2) is 19.4 Å². The van der Waals surface area contributed by atoms with Crippen LogP contribution in [0.1, 0.15) is 35.9 Å². The molecular weight excluding hydrogens is 373 g/mol. The van der Waals surface area contributed by atoms with Gasteiger partial charge in [0.2, 0.25) is 5.82 Å². The summed E-state index contributed by atoms with van der Waals surface area (Å²) in [5, 5.41) is 3.00. The van der Waals surface area contributed by atoms with Crippen LogP contribution in [-0.4, -0.2) is 28.5 Å². The number of hydrogen-bond acceptors (Lipinski definition) is 6. The van der Waals surface area contributed by atoms with Crippen LogP contribution in [0.3, 0.4) is 0 Å². The normalized spacial score (nSPS) is 22.7. The van der Waals surface area contributed by atoms with E-state index in [0.29, 0.717) is 22.9 Å². The maximum atomic E-state index is 14.7. The number of amidine groups is 1. The molecule has 140 valence electrons. The van der Waals surface area contributed by atoms with Crippen molar-refractivity contribution in [1.29, 1.82) is 0 Å². The first-order valence-corrected chi connectivity index (χ1v) is 8.78. The molecular formula is C18H17ClFN5O2. The van der Waals surface area contributed by atoms with Crippen LogP contribution in [0.2, 0.25) is 5.02 Å². The van der Waals surface area contributed by atoms with E-state index >= 15 is 0 Å². The molecule has 1 atom stereocenters. The van der Waals surface area contributed by atoms with Crippen molar-refractivity contribution >= 4 is 29.2 Å². The van der Waals surface area contributed by atoms with Gasteiger partial charge in [0.05, 0.1) is 11.6 Å². The Bertz CT molecular complexity index is 945. The van der Waals surface area contributed by atoms with Crippen LogP contribution in [0.15, 0.2) is 35.6 Å². The SMILES string of the molecule is C[C@]1(c2cc(NC(=O)c3ncc(Cl)cn3)ccc2F)N=C(N)OCC12CC2. The average molecular weight is 390 g/mol. The van der Waals surface area contributed by atoms with Gasteiger partial charge in [0.25, 0.3) is 11.9 Å². The zero-order valence-electron chi connectivity index (χ0n) is 14.5. The summed E-state index contributed by atoms with van der Waals surface area (Å²) >= 11 is 5.73. The van der Waals surface area contributed by atoms with Gasteiger partial charge < -0.3 is 15.8 Å². The fourth-order valence-corrected chi connectivity index (χ4v) is 3.54. The molecule has 2 heterocycles. The zero-order valence-corrected chi connectivity index (χ0v) is 15.3. The summed E-state index contributed by atoms with van der Waals surface area (Å²) in [5.41, 5.74) is 5.39. The summed E-state index contributed by atoms with van der Waals surface area (Å²) in [7, 11) is 0. The molecule has 1 fully saturated rings. The van der Waals surface area contributed by atoms with E-state index < -0.39 is 17.3 Å². The zero-order chi connectivity index (χ0) is 19.2. The molecule has 1 aromatic heterocycles. The van der Waals surface area contributed by atoms with Crippen molar-refractivity contribution in [2.24, 2.45) is 16.1 Å². The average Bonchev–Trinajstić information content (AvgIpc) is 3.42. The summed E-state index contributed by atoms with van der Waals surface area (Å²) in [6, 6.07) is 4.39. The second kappa shape index (κ2) is 6.16. The lowest BCUT2D eigenvalue weighted by molar-refractivity contribution is 0.101. The highest BCUT2D eigenvalue weighted by molar-refractivity contribution is 6.30. The molecule has 3 N–H and O–H groups in total. The Morgan fingerprint density at radius 3 is 2.70 bits per heavy atom. The number of aliphatic imine (C=N–C) groups is 1. The first-order valence-electron chi connectivity index (χ1n) is 8.40. The Kier molecular flexibility index (Phi) is 4.03. The number of nitrogens with zero attached hydrogens (tertiary/aromatic N) is 3. The van der Waals surface area contributed by atoms with Crippen molar-refractivity contribution in [2.75, 3.05) is 11.9 Å². The largest absolute Gasteiger partial charge is 0.465 e.